The van der Waals surface area contributed by atoms with E-state index in [9.17, 15) is 0 Å². The van der Waals surface area contributed by atoms with Crippen LogP contribution in [0.25, 0.3) is 0 Å². The third kappa shape index (κ3) is 2.96. The third-order valence-electron chi connectivity index (χ3n) is 2.06. The molecule has 1 rings (SSSR count). The van der Waals surface area contributed by atoms with Crippen LogP contribution in [0.15, 0.2) is 24.3 Å². The van der Waals surface area contributed by atoms with Crippen LogP contribution < -0.4 is 4.52 Å². The van der Waals surface area contributed by atoms with Gasteiger partial charge >= 0.3 is 0 Å². The predicted molar refractivity (Wildman–Crippen MR) is 73.7 cm³/mol. The molecule has 0 fully saturated rings. The van der Waals surface area contributed by atoms with Crippen LogP contribution in [0.5, 0.6) is 5.75 Å². The Morgan fingerprint density at radius 2 is 1.62 bits per heavy atom. The van der Waals surface area contributed by atoms with E-state index in [1.54, 1.807) is 6.07 Å². The van der Waals surface area contributed by atoms with Crippen molar-refractivity contribution >= 4 is 30.0 Å². The first-order valence-corrected chi connectivity index (χ1v) is 7.78. The molecule has 0 amide bonds. The molecule has 0 saturated heterocycles. The number of hydrogen-bond acceptors (Lipinski definition) is 2. The van der Waals surface area contributed by atoms with Gasteiger partial charge in [0.2, 0.25) is 0 Å². The Balaban J connectivity index is 3.03. The van der Waals surface area contributed by atoms with E-state index < -0.39 is 6.57 Å². The molecule has 0 N–H and O–H groups in total. The minimum Gasteiger partial charge on any atom is -0.439 e. The Bertz CT molecular complexity index is 400. The van der Waals surface area contributed by atoms with Gasteiger partial charge in [-0.25, -0.2) is 9.34 Å². The zero-order chi connectivity index (χ0) is 12.3. The SMILES string of the molecule is CN(C)P(=S)(Oc1ccccc1Cl)N(C)C. The highest BCUT2D eigenvalue weighted by Crippen LogP contribution is 2.51. The summed E-state index contributed by atoms with van der Waals surface area (Å²) in [7, 11) is 7.66. The highest BCUT2D eigenvalue weighted by Gasteiger charge is 2.26. The second-order valence-corrected chi connectivity index (χ2v) is 8.30. The van der Waals surface area contributed by atoms with E-state index in [4.69, 9.17) is 27.9 Å². The highest BCUT2D eigenvalue weighted by molar-refractivity contribution is 8.10. The highest BCUT2D eigenvalue weighted by atomic mass is 35.5. The average Bonchev–Trinajstić information content (AvgIpc) is 2.20. The fourth-order valence-corrected chi connectivity index (χ4v) is 3.09. The van der Waals surface area contributed by atoms with Crippen molar-refractivity contribution in [2.75, 3.05) is 28.2 Å². The number of benzene rings is 1. The lowest BCUT2D eigenvalue weighted by Gasteiger charge is -2.34. The second-order valence-electron chi connectivity index (χ2n) is 3.71. The summed E-state index contributed by atoms with van der Waals surface area (Å²) in [6.45, 7) is -2.20. The maximum absolute atomic E-state index is 6.05. The largest absolute Gasteiger partial charge is 0.439 e. The van der Waals surface area contributed by atoms with Crippen LogP contribution in [0.4, 0.5) is 0 Å². The average molecular weight is 279 g/mol. The van der Waals surface area contributed by atoms with Gasteiger partial charge in [-0.15, -0.1) is 0 Å². The summed E-state index contributed by atoms with van der Waals surface area (Å²) >= 11 is 11.6. The Morgan fingerprint density at radius 3 is 2.06 bits per heavy atom. The molecule has 0 aliphatic rings. The Kier molecular flexibility index (Phi) is 4.77. The van der Waals surface area contributed by atoms with Crippen LogP contribution in [0.2, 0.25) is 5.02 Å². The standard InChI is InChI=1S/C10H16ClN2OPS/c1-12(2)15(16,13(3)4)14-10-8-6-5-7-9(10)11/h5-8H,1-4H3. The molecule has 0 aliphatic heterocycles. The van der Waals surface area contributed by atoms with Crippen molar-refractivity contribution in [3.63, 3.8) is 0 Å². The topological polar surface area (TPSA) is 15.7 Å². The lowest BCUT2D eigenvalue weighted by molar-refractivity contribution is 0.449. The van der Waals surface area contributed by atoms with Crippen LogP contribution in [0, 0.1) is 0 Å². The summed E-state index contributed by atoms with van der Waals surface area (Å²) < 4.78 is 9.75. The van der Waals surface area contributed by atoms with E-state index in [2.05, 4.69) is 0 Å². The van der Waals surface area contributed by atoms with Crippen molar-refractivity contribution in [1.82, 2.24) is 9.34 Å². The molecule has 0 atom stereocenters. The fourth-order valence-electron chi connectivity index (χ4n) is 1.17. The summed E-state index contributed by atoms with van der Waals surface area (Å²) in [6, 6.07) is 7.37. The zero-order valence-electron chi connectivity index (χ0n) is 9.85. The molecule has 0 radical (unpaired) electrons. The molecule has 3 nitrogen and oxygen atoms in total. The smallest absolute Gasteiger partial charge is 0.252 e. The number of rotatable bonds is 4. The first-order valence-electron chi connectivity index (χ1n) is 4.77. The normalized spacial score (nSPS) is 12.2. The summed E-state index contributed by atoms with van der Waals surface area (Å²) in [4.78, 5) is 0. The summed E-state index contributed by atoms with van der Waals surface area (Å²) in [5, 5.41) is 0.584. The summed E-state index contributed by atoms with van der Waals surface area (Å²) in [5.41, 5.74) is 0. The first-order chi connectivity index (χ1) is 7.38. The van der Waals surface area contributed by atoms with E-state index in [0.29, 0.717) is 10.8 Å². The molecule has 90 valence electrons. The molecule has 1 aromatic rings. The van der Waals surface area contributed by atoms with Crippen LogP contribution in [-0.2, 0) is 11.8 Å². The van der Waals surface area contributed by atoms with Gasteiger partial charge in [-0.1, -0.05) is 23.7 Å². The Labute approximate surface area is 107 Å². The molecule has 0 spiro atoms. The first kappa shape index (κ1) is 13.9. The van der Waals surface area contributed by atoms with Crippen molar-refractivity contribution in [2.45, 2.75) is 0 Å². The molecule has 1 aromatic carbocycles. The van der Waals surface area contributed by atoms with E-state index in [1.165, 1.54) is 0 Å². The Morgan fingerprint density at radius 1 is 1.12 bits per heavy atom. The van der Waals surface area contributed by atoms with Crippen LogP contribution in [0.1, 0.15) is 0 Å². The van der Waals surface area contributed by atoms with Gasteiger partial charge in [0.25, 0.3) is 6.57 Å². The number of halogens is 1. The van der Waals surface area contributed by atoms with Crippen LogP contribution in [-0.4, -0.2) is 37.5 Å². The molecule has 16 heavy (non-hydrogen) atoms. The number of hydrogen-bond donors (Lipinski definition) is 0. The molecule has 0 aromatic heterocycles. The molecular formula is C10H16ClN2OPS. The lowest BCUT2D eigenvalue weighted by atomic mass is 10.3. The van der Waals surface area contributed by atoms with E-state index in [-0.39, 0.29) is 0 Å². The predicted octanol–water partition coefficient (Wildman–Crippen LogP) is 3.07. The molecule has 0 bridgehead atoms. The zero-order valence-corrected chi connectivity index (χ0v) is 12.3. The Hall–Kier alpha value is -0.120. The van der Waals surface area contributed by atoms with Gasteiger partial charge < -0.3 is 4.52 Å². The molecule has 0 unspecified atom stereocenters. The van der Waals surface area contributed by atoms with Crippen LogP contribution in [0.3, 0.4) is 0 Å². The number of para-hydroxylation sites is 1. The maximum atomic E-state index is 6.05. The molecule has 0 aliphatic carbocycles. The van der Waals surface area contributed by atoms with Gasteiger partial charge in [0.15, 0.2) is 0 Å². The van der Waals surface area contributed by atoms with Crippen molar-refractivity contribution in [2.24, 2.45) is 0 Å². The summed E-state index contributed by atoms with van der Waals surface area (Å²) in [5.74, 6) is 0.634. The van der Waals surface area contributed by atoms with E-state index >= 15 is 0 Å². The van der Waals surface area contributed by atoms with E-state index in [0.717, 1.165) is 0 Å². The fraction of sp³-hybridized carbons (Fsp3) is 0.400. The van der Waals surface area contributed by atoms with Gasteiger partial charge in [0.1, 0.15) is 5.75 Å². The molecule has 6 heteroatoms. The van der Waals surface area contributed by atoms with Crippen molar-refractivity contribution < 1.29 is 4.52 Å². The van der Waals surface area contributed by atoms with Gasteiger partial charge in [0, 0.05) is 0 Å². The second kappa shape index (κ2) is 5.48. The minimum atomic E-state index is -2.20. The third-order valence-corrected chi connectivity index (χ3v) is 7.02. The van der Waals surface area contributed by atoms with Gasteiger partial charge in [0.05, 0.1) is 5.02 Å². The minimum absolute atomic E-state index is 0.584. The maximum Gasteiger partial charge on any atom is 0.252 e. The summed E-state index contributed by atoms with van der Waals surface area (Å²) in [6.07, 6.45) is 0. The molecule has 0 heterocycles. The lowest BCUT2D eigenvalue weighted by Crippen LogP contribution is -2.24. The quantitative estimate of drug-likeness (QED) is 0.786. The van der Waals surface area contributed by atoms with Gasteiger partial charge in [-0.2, -0.15) is 0 Å². The van der Waals surface area contributed by atoms with E-state index in [1.807, 2.05) is 55.7 Å². The van der Waals surface area contributed by atoms with Gasteiger partial charge in [-0.05, 0) is 52.1 Å². The molecule has 0 saturated carbocycles. The number of nitrogens with zero attached hydrogens (tertiary/aromatic N) is 2. The van der Waals surface area contributed by atoms with Crippen molar-refractivity contribution in [3.05, 3.63) is 29.3 Å². The van der Waals surface area contributed by atoms with Crippen molar-refractivity contribution in [1.29, 1.82) is 0 Å². The van der Waals surface area contributed by atoms with Gasteiger partial charge in [-0.3, -0.25) is 0 Å². The van der Waals surface area contributed by atoms with Crippen LogP contribution >= 0.6 is 18.2 Å². The van der Waals surface area contributed by atoms with Crippen molar-refractivity contribution in [3.8, 4) is 5.75 Å². The monoisotopic (exact) mass is 278 g/mol. The molecular weight excluding hydrogens is 263 g/mol.